The Labute approximate surface area is 102 Å². The van der Waals surface area contributed by atoms with Crippen LogP contribution < -0.4 is 0 Å². The van der Waals surface area contributed by atoms with E-state index in [9.17, 15) is 0 Å². The second-order valence-corrected chi connectivity index (χ2v) is 6.96. The van der Waals surface area contributed by atoms with Crippen molar-refractivity contribution in [2.24, 2.45) is 16.7 Å². The third-order valence-electron chi connectivity index (χ3n) is 5.60. The molecule has 0 radical (unpaired) electrons. The lowest BCUT2D eigenvalue weighted by atomic mass is 9.50. The zero-order valence-electron chi connectivity index (χ0n) is 11.8. The Bertz CT molecular complexity index is 308. The molecule has 0 aromatic heterocycles. The van der Waals surface area contributed by atoms with Gasteiger partial charge in [-0.15, -0.1) is 0 Å². The average Bonchev–Trinajstić information content (AvgIpc) is 2.15. The minimum absolute atomic E-state index is 0.527. The first kappa shape index (κ1) is 12.2. The van der Waals surface area contributed by atoms with Crippen LogP contribution in [0.1, 0.15) is 73.1 Å². The summed E-state index contributed by atoms with van der Waals surface area (Å²) in [6.07, 6.45) is 8.35. The minimum atomic E-state index is 0.527. The summed E-state index contributed by atoms with van der Waals surface area (Å²) in [4.78, 5) is 0. The van der Waals surface area contributed by atoms with Gasteiger partial charge in [-0.3, -0.25) is 0 Å². The normalized spacial score (nSPS) is 38.4. The molecular weight excluding hydrogens is 192 g/mol. The van der Waals surface area contributed by atoms with Crippen molar-refractivity contribution in [3.8, 4) is 0 Å². The van der Waals surface area contributed by atoms with Gasteiger partial charge in [0, 0.05) is 0 Å². The van der Waals surface area contributed by atoms with Crippen molar-refractivity contribution >= 4 is 0 Å². The zero-order valence-corrected chi connectivity index (χ0v) is 11.8. The molecule has 0 heterocycles. The fraction of sp³-hybridized carbons (Fsp3) is 0.875. The van der Waals surface area contributed by atoms with E-state index in [0.717, 1.165) is 5.92 Å². The van der Waals surface area contributed by atoms with Gasteiger partial charge in [-0.2, -0.15) is 0 Å². The predicted octanol–water partition coefficient (Wildman–Crippen LogP) is 5.34. The highest BCUT2D eigenvalue weighted by atomic mass is 14.5. The molecule has 0 unspecified atom stereocenters. The Kier molecular flexibility index (Phi) is 2.97. The van der Waals surface area contributed by atoms with Crippen molar-refractivity contribution in [2.45, 2.75) is 73.1 Å². The van der Waals surface area contributed by atoms with Crippen molar-refractivity contribution in [2.75, 3.05) is 0 Å². The van der Waals surface area contributed by atoms with E-state index < -0.39 is 0 Å². The molecule has 0 bridgehead atoms. The van der Waals surface area contributed by atoms with Crippen LogP contribution in [0.15, 0.2) is 11.1 Å². The Hall–Kier alpha value is -0.260. The van der Waals surface area contributed by atoms with Crippen LogP contribution in [0.3, 0.4) is 0 Å². The average molecular weight is 220 g/mol. The molecule has 0 N–H and O–H groups in total. The minimum Gasteiger partial charge on any atom is -0.0736 e. The lowest BCUT2D eigenvalue weighted by molar-refractivity contribution is 0.0109. The van der Waals surface area contributed by atoms with E-state index in [1.54, 1.807) is 11.1 Å². The third-order valence-corrected chi connectivity index (χ3v) is 5.60. The second-order valence-electron chi connectivity index (χ2n) is 6.96. The smallest absolute Gasteiger partial charge is 0.00805 e. The van der Waals surface area contributed by atoms with Gasteiger partial charge in [0.15, 0.2) is 0 Å². The van der Waals surface area contributed by atoms with Crippen LogP contribution in [-0.4, -0.2) is 0 Å². The van der Waals surface area contributed by atoms with E-state index in [2.05, 4.69) is 34.6 Å². The van der Waals surface area contributed by atoms with E-state index in [1.165, 1.54) is 38.5 Å². The van der Waals surface area contributed by atoms with Gasteiger partial charge >= 0.3 is 0 Å². The Morgan fingerprint density at radius 1 is 1.19 bits per heavy atom. The zero-order chi connectivity index (χ0) is 12.0. The SMILES string of the molecule is CCC1=C(C)CC[C@H]2C(C)(C)CCC[C@]12C. The van der Waals surface area contributed by atoms with Gasteiger partial charge in [0.2, 0.25) is 0 Å². The molecule has 0 nitrogen and oxygen atoms in total. The molecule has 0 amide bonds. The van der Waals surface area contributed by atoms with Gasteiger partial charge in [0.05, 0.1) is 0 Å². The van der Waals surface area contributed by atoms with Crippen LogP contribution in [0.4, 0.5) is 0 Å². The fourth-order valence-corrected chi connectivity index (χ4v) is 4.90. The number of allylic oxidation sites excluding steroid dienone is 2. The van der Waals surface area contributed by atoms with Crippen LogP contribution in [0.25, 0.3) is 0 Å². The first-order chi connectivity index (χ1) is 7.42. The summed E-state index contributed by atoms with van der Waals surface area (Å²) in [7, 11) is 0. The van der Waals surface area contributed by atoms with Crippen molar-refractivity contribution in [1.82, 2.24) is 0 Å². The highest BCUT2D eigenvalue weighted by molar-refractivity contribution is 5.26. The lowest BCUT2D eigenvalue weighted by Gasteiger charge is -2.55. The third kappa shape index (κ3) is 1.65. The molecule has 0 aromatic rings. The van der Waals surface area contributed by atoms with E-state index in [0.29, 0.717) is 10.8 Å². The van der Waals surface area contributed by atoms with Crippen molar-refractivity contribution in [3.63, 3.8) is 0 Å². The van der Waals surface area contributed by atoms with Crippen molar-refractivity contribution < 1.29 is 0 Å². The van der Waals surface area contributed by atoms with Gasteiger partial charge in [-0.25, -0.2) is 0 Å². The van der Waals surface area contributed by atoms with Crippen molar-refractivity contribution in [3.05, 3.63) is 11.1 Å². The van der Waals surface area contributed by atoms with Gasteiger partial charge in [0.1, 0.15) is 0 Å². The first-order valence-corrected chi connectivity index (χ1v) is 7.11. The molecule has 2 aliphatic rings. The fourth-order valence-electron chi connectivity index (χ4n) is 4.90. The molecule has 2 aliphatic carbocycles. The van der Waals surface area contributed by atoms with Gasteiger partial charge in [0.25, 0.3) is 0 Å². The van der Waals surface area contributed by atoms with E-state index in [-0.39, 0.29) is 0 Å². The molecule has 0 aromatic carbocycles. The van der Waals surface area contributed by atoms with Crippen LogP contribution in [0.2, 0.25) is 0 Å². The molecule has 2 atom stereocenters. The number of fused-ring (bicyclic) bond motifs is 1. The maximum atomic E-state index is 2.56. The molecule has 0 saturated heterocycles. The Morgan fingerprint density at radius 2 is 1.88 bits per heavy atom. The monoisotopic (exact) mass is 220 g/mol. The Morgan fingerprint density at radius 3 is 2.50 bits per heavy atom. The molecule has 0 heteroatoms. The van der Waals surface area contributed by atoms with Gasteiger partial charge in [-0.1, -0.05) is 45.3 Å². The standard InChI is InChI=1S/C16H28/c1-6-13-12(2)8-9-14-15(3,4)10-7-11-16(13,14)5/h14H,6-11H2,1-5H3/t14-,16+/m0/s1. The Balaban J connectivity index is 2.42. The quantitative estimate of drug-likeness (QED) is 0.523. The molecule has 2 rings (SSSR count). The highest BCUT2D eigenvalue weighted by Crippen LogP contribution is 2.59. The summed E-state index contributed by atoms with van der Waals surface area (Å²) in [5.41, 5.74) is 4.60. The first-order valence-electron chi connectivity index (χ1n) is 7.11. The maximum absolute atomic E-state index is 2.56. The molecule has 0 aliphatic heterocycles. The predicted molar refractivity (Wildman–Crippen MR) is 71.5 cm³/mol. The van der Waals surface area contributed by atoms with Crippen LogP contribution in [-0.2, 0) is 0 Å². The number of hydrogen-bond acceptors (Lipinski definition) is 0. The highest BCUT2D eigenvalue weighted by Gasteiger charge is 2.49. The summed E-state index contributed by atoms with van der Waals surface area (Å²) in [6.45, 7) is 12.3. The van der Waals surface area contributed by atoms with E-state index >= 15 is 0 Å². The topological polar surface area (TPSA) is 0 Å². The summed E-state index contributed by atoms with van der Waals surface area (Å²) >= 11 is 0. The lowest BCUT2D eigenvalue weighted by Crippen LogP contribution is -2.45. The molecule has 1 fully saturated rings. The van der Waals surface area contributed by atoms with Crippen LogP contribution in [0, 0.1) is 16.7 Å². The summed E-state index contributed by atoms with van der Waals surface area (Å²) in [6, 6.07) is 0. The molecular formula is C16H28. The molecule has 92 valence electrons. The van der Waals surface area contributed by atoms with Gasteiger partial charge in [-0.05, 0) is 55.8 Å². The van der Waals surface area contributed by atoms with Crippen LogP contribution >= 0.6 is 0 Å². The molecule has 1 saturated carbocycles. The summed E-state index contributed by atoms with van der Waals surface area (Å²) in [5, 5.41) is 0. The molecule has 0 spiro atoms. The van der Waals surface area contributed by atoms with Crippen molar-refractivity contribution in [1.29, 1.82) is 0 Å². The van der Waals surface area contributed by atoms with E-state index in [1.807, 2.05) is 0 Å². The van der Waals surface area contributed by atoms with Crippen LogP contribution in [0.5, 0.6) is 0 Å². The number of hydrogen-bond donors (Lipinski definition) is 0. The number of rotatable bonds is 1. The van der Waals surface area contributed by atoms with E-state index in [4.69, 9.17) is 0 Å². The van der Waals surface area contributed by atoms with Gasteiger partial charge < -0.3 is 0 Å². The maximum Gasteiger partial charge on any atom is -0.00805 e. The summed E-state index contributed by atoms with van der Waals surface area (Å²) in [5.74, 6) is 0.924. The molecule has 16 heavy (non-hydrogen) atoms. The second kappa shape index (κ2) is 3.89. The largest absolute Gasteiger partial charge is 0.0736 e. The summed E-state index contributed by atoms with van der Waals surface area (Å²) < 4.78 is 0.